The number of hydrogen-bond acceptors (Lipinski definition) is 5. The second kappa shape index (κ2) is 5.68. The van der Waals surface area contributed by atoms with Crippen LogP contribution in [0.5, 0.6) is 11.5 Å². The van der Waals surface area contributed by atoms with Crippen LogP contribution in [0, 0.1) is 6.92 Å². The minimum absolute atomic E-state index is 0.0719. The van der Waals surface area contributed by atoms with E-state index in [9.17, 15) is 13.2 Å². The number of nitrogens with one attached hydrogen (secondary N) is 1. The van der Waals surface area contributed by atoms with Gasteiger partial charge in [-0.1, -0.05) is 0 Å². The maximum atomic E-state index is 12.1. The Bertz CT molecular complexity index is 625. The molecule has 1 aromatic rings. The molecule has 2 N–H and O–H groups in total. The van der Waals surface area contributed by atoms with Crippen LogP contribution in [0.15, 0.2) is 17.0 Å². The first-order chi connectivity index (χ1) is 9.40. The Hall–Kier alpha value is -1.80. The fourth-order valence-corrected chi connectivity index (χ4v) is 3.15. The lowest BCUT2D eigenvalue weighted by atomic mass is 10.2. The predicted molar refractivity (Wildman–Crippen MR) is 69.4 cm³/mol. The zero-order valence-corrected chi connectivity index (χ0v) is 11.7. The molecule has 1 aliphatic heterocycles. The van der Waals surface area contributed by atoms with Gasteiger partial charge in [0.15, 0.2) is 11.5 Å². The highest BCUT2D eigenvalue weighted by molar-refractivity contribution is 7.89. The molecule has 7 nitrogen and oxygen atoms in total. The molecule has 0 radical (unpaired) electrons. The quantitative estimate of drug-likeness (QED) is 0.756. The van der Waals surface area contributed by atoms with Crippen LogP contribution >= 0.6 is 0 Å². The molecule has 1 aromatic carbocycles. The number of sulfonamides is 1. The van der Waals surface area contributed by atoms with Crippen LogP contribution in [0.25, 0.3) is 0 Å². The van der Waals surface area contributed by atoms with Crippen LogP contribution in [-0.4, -0.2) is 32.8 Å². The Morgan fingerprint density at radius 1 is 1.35 bits per heavy atom. The molecule has 0 unspecified atom stereocenters. The lowest BCUT2D eigenvalue weighted by molar-refractivity contribution is -0.137. The largest absolute Gasteiger partial charge is 0.481 e. The van der Waals surface area contributed by atoms with Gasteiger partial charge in [0.1, 0.15) is 0 Å². The van der Waals surface area contributed by atoms with Crippen LogP contribution in [0.4, 0.5) is 0 Å². The first kappa shape index (κ1) is 14.6. The topological polar surface area (TPSA) is 102 Å². The maximum absolute atomic E-state index is 12.1. The van der Waals surface area contributed by atoms with Gasteiger partial charge in [-0.15, -0.1) is 0 Å². The molecule has 110 valence electrons. The fraction of sp³-hybridized carbons (Fsp3) is 0.417. The van der Waals surface area contributed by atoms with Gasteiger partial charge in [-0.2, -0.15) is 0 Å². The van der Waals surface area contributed by atoms with Crippen LogP contribution in [0.2, 0.25) is 0 Å². The number of carboxylic acid groups (broad SMARTS) is 1. The molecular weight excluding hydrogens is 286 g/mol. The molecule has 2 rings (SSSR count). The normalized spacial score (nSPS) is 13.4. The molecule has 20 heavy (non-hydrogen) atoms. The number of carboxylic acids is 1. The standard InChI is InChI=1S/C12H15NO6S/c1-8-5-9-10(19-7-18-9)6-11(8)20(16,17)13-4-2-3-12(14)15/h5-6,13H,2-4,7H2,1H3,(H,14,15). The molecule has 0 spiro atoms. The molecule has 0 fully saturated rings. The Kier molecular flexibility index (Phi) is 4.15. The number of rotatable bonds is 6. The van der Waals surface area contributed by atoms with Crippen molar-refractivity contribution in [1.82, 2.24) is 4.72 Å². The van der Waals surface area contributed by atoms with Crippen LogP contribution in [0.3, 0.4) is 0 Å². The number of hydrogen-bond donors (Lipinski definition) is 2. The van der Waals surface area contributed by atoms with E-state index in [1.807, 2.05) is 0 Å². The summed E-state index contributed by atoms with van der Waals surface area (Å²) in [6.45, 7) is 1.81. The first-order valence-corrected chi connectivity index (χ1v) is 7.50. The van der Waals surface area contributed by atoms with Crippen molar-refractivity contribution < 1.29 is 27.8 Å². The Balaban J connectivity index is 2.11. The number of fused-ring (bicyclic) bond motifs is 1. The van der Waals surface area contributed by atoms with Gasteiger partial charge in [-0.3, -0.25) is 4.79 Å². The molecule has 0 amide bonds. The number of benzene rings is 1. The number of aryl methyl sites for hydroxylation is 1. The van der Waals surface area contributed by atoms with Gasteiger partial charge in [0.25, 0.3) is 0 Å². The zero-order chi connectivity index (χ0) is 14.8. The predicted octanol–water partition coefficient (Wildman–Crippen LogP) is 0.867. The summed E-state index contributed by atoms with van der Waals surface area (Å²) in [6, 6.07) is 3.02. The number of aliphatic carboxylic acids is 1. The SMILES string of the molecule is Cc1cc2c(cc1S(=O)(=O)NCCCC(=O)O)OCO2. The van der Waals surface area contributed by atoms with Crippen molar-refractivity contribution in [3.8, 4) is 11.5 Å². The average Bonchev–Trinajstić information content (AvgIpc) is 2.80. The van der Waals surface area contributed by atoms with Crippen molar-refractivity contribution in [3.05, 3.63) is 17.7 Å². The third-order valence-electron chi connectivity index (χ3n) is 2.82. The second-order valence-electron chi connectivity index (χ2n) is 4.37. The van der Waals surface area contributed by atoms with E-state index in [4.69, 9.17) is 14.6 Å². The third kappa shape index (κ3) is 3.20. The highest BCUT2D eigenvalue weighted by atomic mass is 32.2. The smallest absolute Gasteiger partial charge is 0.303 e. The molecule has 1 aliphatic rings. The molecule has 0 aromatic heterocycles. The van der Waals surface area contributed by atoms with Gasteiger partial charge in [-0.05, 0) is 25.0 Å². The molecular formula is C12H15NO6S. The van der Waals surface area contributed by atoms with E-state index in [-0.39, 0.29) is 31.1 Å². The van der Waals surface area contributed by atoms with Gasteiger partial charge in [0.2, 0.25) is 16.8 Å². The van der Waals surface area contributed by atoms with E-state index in [1.54, 1.807) is 13.0 Å². The summed E-state index contributed by atoms with van der Waals surface area (Å²) in [5.74, 6) is -0.0442. The van der Waals surface area contributed by atoms with Crippen molar-refractivity contribution in [2.75, 3.05) is 13.3 Å². The summed E-state index contributed by atoms with van der Waals surface area (Å²) in [5, 5.41) is 8.50. The summed E-state index contributed by atoms with van der Waals surface area (Å²) in [6.07, 6.45) is 0.154. The lowest BCUT2D eigenvalue weighted by Gasteiger charge is -2.10. The van der Waals surface area contributed by atoms with Gasteiger partial charge in [-0.25, -0.2) is 13.1 Å². The monoisotopic (exact) mass is 301 g/mol. The Labute approximate surface area is 116 Å². The van der Waals surface area contributed by atoms with Crippen molar-refractivity contribution in [2.24, 2.45) is 0 Å². The van der Waals surface area contributed by atoms with Crippen molar-refractivity contribution in [1.29, 1.82) is 0 Å². The van der Waals surface area contributed by atoms with Gasteiger partial charge in [0.05, 0.1) is 4.90 Å². The van der Waals surface area contributed by atoms with Crippen LogP contribution < -0.4 is 14.2 Å². The second-order valence-corrected chi connectivity index (χ2v) is 6.10. The molecule has 0 saturated heterocycles. The van der Waals surface area contributed by atoms with Gasteiger partial charge in [0, 0.05) is 19.0 Å². The summed E-state index contributed by atoms with van der Waals surface area (Å²) in [4.78, 5) is 10.5. The van der Waals surface area contributed by atoms with Crippen LogP contribution in [0.1, 0.15) is 18.4 Å². The van der Waals surface area contributed by atoms with Gasteiger partial charge < -0.3 is 14.6 Å². The summed E-state index contributed by atoms with van der Waals surface area (Å²) < 4.78 is 37.0. The van der Waals surface area contributed by atoms with Crippen molar-refractivity contribution in [2.45, 2.75) is 24.7 Å². The Morgan fingerprint density at radius 3 is 2.65 bits per heavy atom. The van der Waals surface area contributed by atoms with E-state index in [0.717, 1.165) is 0 Å². The fourth-order valence-electron chi connectivity index (χ4n) is 1.84. The molecule has 0 bridgehead atoms. The molecule has 0 saturated carbocycles. The molecule has 1 heterocycles. The Morgan fingerprint density at radius 2 is 2.00 bits per heavy atom. The van der Waals surface area contributed by atoms with Crippen LogP contribution in [-0.2, 0) is 14.8 Å². The van der Waals surface area contributed by atoms with Gasteiger partial charge >= 0.3 is 5.97 Å². The first-order valence-electron chi connectivity index (χ1n) is 6.02. The summed E-state index contributed by atoms with van der Waals surface area (Å²) >= 11 is 0. The molecule has 0 aliphatic carbocycles. The minimum Gasteiger partial charge on any atom is -0.481 e. The zero-order valence-electron chi connectivity index (χ0n) is 10.9. The number of ether oxygens (including phenoxy) is 2. The highest BCUT2D eigenvalue weighted by Crippen LogP contribution is 2.36. The minimum atomic E-state index is -3.69. The summed E-state index contributed by atoms with van der Waals surface area (Å²) in [5.41, 5.74) is 0.542. The van der Waals surface area contributed by atoms with E-state index in [2.05, 4.69) is 4.72 Å². The van der Waals surface area contributed by atoms with E-state index >= 15 is 0 Å². The highest BCUT2D eigenvalue weighted by Gasteiger charge is 2.22. The molecule has 0 atom stereocenters. The number of carbonyl (C=O) groups is 1. The van der Waals surface area contributed by atoms with E-state index < -0.39 is 16.0 Å². The summed E-state index contributed by atoms with van der Waals surface area (Å²) in [7, 11) is -3.69. The van der Waals surface area contributed by atoms with Crippen molar-refractivity contribution >= 4 is 16.0 Å². The maximum Gasteiger partial charge on any atom is 0.303 e. The van der Waals surface area contributed by atoms with E-state index in [1.165, 1.54) is 6.07 Å². The third-order valence-corrected chi connectivity index (χ3v) is 4.42. The lowest BCUT2D eigenvalue weighted by Crippen LogP contribution is -2.25. The average molecular weight is 301 g/mol. The van der Waals surface area contributed by atoms with E-state index in [0.29, 0.717) is 17.1 Å². The van der Waals surface area contributed by atoms with Crippen molar-refractivity contribution in [3.63, 3.8) is 0 Å². The molecule has 8 heteroatoms.